The van der Waals surface area contributed by atoms with E-state index in [1.807, 2.05) is 11.3 Å². The van der Waals surface area contributed by atoms with Crippen LogP contribution in [0.4, 0.5) is 5.82 Å². The van der Waals surface area contributed by atoms with Crippen LogP contribution in [0.2, 0.25) is 0 Å². The fourth-order valence-electron chi connectivity index (χ4n) is 2.41. The van der Waals surface area contributed by atoms with Crippen molar-refractivity contribution < 1.29 is 9.90 Å². The fourth-order valence-corrected chi connectivity index (χ4v) is 2.41. The van der Waals surface area contributed by atoms with Gasteiger partial charge in [0, 0.05) is 18.9 Å². The summed E-state index contributed by atoms with van der Waals surface area (Å²) in [5, 5.41) is 17.3. The number of aryl methyl sites for hydroxylation is 1. The van der Waals surface area contributed by atoms with Crippen molar-refractivity contribution in [2.75, 3.05) is 11.4 Å². The van der Waals surface area contributed by atoms with Crippen molar-refractivity contribution in [3.05, 3.63) is 18.2 Å². The molecule has 1 atom stereocenters. The van der Waals surface area contributed by atoms with Crippen LogP contribution in [0.5, 0.6) is 0 Å². The third kappa shape index (κ3) is 1.51. The maximum Gasteiger partial charge on any atom is 0.326 e. The molecule has 18 heavy (non-hydrogen) atoms. The summed E-state index contributed by atoms with van der Waals surface area (Å²) >= 11 is 0. The van der Waals surface area contributed by atoms with E-state index >= 15 is 0 Å². The van der Waals surface area contributed by atoms with E-state index in [-0.39, 0.29) is 0 Å². The molecule has 0 aliphatic carbocycles. The number of hydrogen-bond donors (Lipinski definition) is 1. The van der Waals surface area contributed by atoms with Gasteiger partial charge in [-0.25, -0.2) is 9.78 Å². The Morgan fingerprint density at radius 3 is 3.11 bits per heavy atom. The van der Waals surface area contributed by atoms with Crippen molar-refractivity contribution in [2.24, 2.45) is 0 Å². The lowest BCUT2D eigenvalue weighted by molar-refractivity contribution is -0.138. The first-order chi connectivity index (χ1) is 8.68. The van der Waals surface area contributed by atoms with Gasteiger partial charge in [-0.15, -0.1) is 10.2 Å². The van der Waals surface area contributed by atoms with Crippen LogP contribution in [0.25, 0.3) is 5.65 Å². The van der Waals surface area contributed by atoms with Crippen molar-refractivity contribution in [1.29, 1.82) is 0 Å². The van der Waals surface area contributed by atoms with Gasteiger partial charge in [0.1, 0.15) is 11.9 Å². The van der Waals surface area contributed by atoms with Gasteiger partial charge in [0.05, 0.1) is 0 Å². The second-order valence-electron chi connectivity index (χ2n) is 4.38. The van der Waals surface area contributed by atoms with Gasteiger partial charge in [0.15, 0.2) is 5.82 Å². The van der Waals surface area contributed by atoms with Crippen LogP contribution in [-0.4, -0.2) is 43.2 Å². The summed E-state index contributed by atoms with van der Waals surface area (Å²) in [5.41, 5.74) is 0.614. The predicted octanol–water partition coefficient (Wildman–Crippen LogP) is 0.486. The SMILES string of the molecule is Cc1nnc2c(N3CCCC3C(=O)O)nccn12. The van der Waals surface area contributed by atoms with E-state index in [0.717, 1.165) is 12.2 Å². The molecule has 0 aromatic carbocycles. The molecule has 1 aliphatic rings. The Kier molecular flexibility index (Phi) is 2.39. The minimum atomic E-state index is -0.812. The quantitative estimate of drug-likeness (QED) is 0.831. The van der Waals surface area contributed by atoms with E-state index in [1.165, 1.54) is 0 Å². The van der Waals surface area contributed by atoms with Gasteiger partial charge >= 0.3 is 5.97 Å². The molecule has 0 amide bonds. The third-order valence-electron chi connectivity index (χ3n) is 3.29. The summed E-state index contributed by atoms with van der Waals surface area (Å²) in [5.74, 6) is 0.551. The summed E-state index contributed by atoms with van der Waals surface area (Å²) < 4.78 is 1.82. The van der Waals surface area contributed by atoms with Gasteiger partial charge in [-0.1, -0.05) is 0 Å². The molecule has 1 unspecified atom stereocenters. The average molecular weight is 247 g/mol. The van der Waals surface area contributed by atoms with Crippen molar-refractivity contribution in [3.63, 3.8) is 0 Å². The molecule has 0 spiro atoms. The highest BCUT2D eigenvalue weighted by atomic mass is 16.4. The van der Waals surface area contributed by atoms with E-state index < -0.39 is 12.0 Å². The summed E-state index contributed by atoms with van der Waals surface area (Å²) in [7, 11) is 0. The number of fused-ring (bicyclic) bond motifs is 1. The monoisotopic (exact) mass is 247 g/mol. The smallest absolute Gasteiger partial charge is 0.326 e. The number of carbonyl (C=O) groups is 1. The van der Waals surface area contributed by atoms with Gasteiger partial charge in [0.25, 0.3) is 0 Å². The Balaban J connectivity index is 2.11. The molecule has 0 bridgehead atoms. The Morgan fingerprint density at radius 1 is 1.50 bits per heavy atom. The van der Waals surface area contributed by atoms with Crippen LogP contribution in [-0.2, 0) is 4.79 Å². The van der Waals surface area contributed by atoms with E-state index in [0.29, 0.717) is 24.4 Å². The first-order valence-electron chi connectivity index (χ1n) is 5.84. The lowest BCUT2D eigenvalue weighted by atomic mass is 10.2. The average Bonchev–Trinajstić information content (AvgIpc) is 2.96. The van der Waals surface area contributed by atoms with Crippen LogP contribution >= 0.6 is 0 Å². The van der Waals surface area contributed by atoms with Gasteiger partial charge in [-0.05, 0) is 19.8 Å². The normalized spacial score (nSPS) is 19.6. The molecule has 0 radical (unpaired) electrons. The van der Waals surface area contributed by atoms with E-state index in [2.05, 4.69) is 15.2 Å². The third-order valence-corrected chi connectivity index (χ3v) is 3.29. The molecule has 94 valence electrons. The zero-order chi connectivity index (χ0) is 12.7. The maximum absolute atomic E-state index is 11.2. The Hall–Kier alpha value is -2.18. The van der Waals surface area contributed by atoms with Gasteiger partial charge in [-0.3, -0.25) is 4.40 Å². The number of aliphatic carboxylic acids is 1. The number of hydrogen-bond acceptors (Lipinski definition) is 5. The zero-order valence-electron chi connectivity index (χ0n) is 9.94. The number of carboxylic acids is 1. The van der Waals surface area contributed by atoms with E-state index in [9.17, 15) is 9.90 Å². The molecule has 3 heterocycles. The highest BCUT2D eigenvalue weighted by Gasteiger charge is 2.33. The van der Waals surface area contributed by atoms with Crippen molar-refractivity contribution in [3.8, 4) is 0 Å². The zero-order valence-corrected chi connectivity index (χ0v) is 9.94. The molecule has 0 saturated carbocycles. The summed E-state index contributed by atoms with van der Waals surface area (Å²) in [6, 6.07) is -0.513. The van der Waals surface area contributed by atoms with E-state index in [4.69, 9.17) is 0 Å². The van der Waals surface area contributed by atoms with Crippen molar-refractivity contribution in [1.82, 2.24) is 19.6 Å². The molecule has 7 nitrogen and oxygen atoms in total. The topological polar surface area (TPSA) is 83.6 Å². The molecular weight excluding hydrogens is 234 g/mol. The summed E-state index contributed by atoms with van der Waals surface area (Å²) in [6.45, 7) is 2.54. The Bertz CT molecular complexity index is 608. The van der Waals surface area contributed by atoms with Gasteiger partial charge in [-0.2, -0.15) is 0 Å². The van der Waals surface area contributed by atoms with Crippen LogP contribution in [0, 0.1) is 6.92 Å². The molecule has 3 rings (SSSR count). The highest BCUT2D eigenvalue weighted by Crippen LogP contribution is 2.26. The lowest BCUT2D eigenvalue weighted by Crippen LogP contribution is -2.36. The maximum atomic E-state index is 11.2. The van der Waals surface area contributed by atoms with Crippen LogP contribution in [0.15, 0.2) is 12.4 Å². The molecule has 1 fully saturated rings. The molecule has 1 saturated heterocycles. The molecule has 1 N–H and O–H groups in total. The lowest BCUT2D eigenvalue weighted by Gasteiger charge is -2.22. The number of nitrogens with zero attached hydrogens (tertiary/aromatic N) is 5. The van der Waals surface area contributed by atoms with Crippen molar-refractivity contribution in [2.45, 2.75) is 25.8 Å². The van der Waals surface area contributed by atoms with Crippen LogP contribution < -0.4 is 4.90 Å². The molecule has 2 aromatic heterocycles. The minimum Gasteiger partial charge on any atom is -0.480 e. The predicted molar refractivity (Wildman–Crippen MR) is 63.5 cm³/mol. The molecule has 7 heteroatoms. The fraction of sp³-hybridized carbons (Fsp3) is 0.455. The van der Waals surface area contributed by atoms with E-state index in [1.54, 1.807) is 17.3 Å². The van der Waals surface area contributed by atoms with Crippen LogP contribution in [0.1, 0.15) is 18.7 Å². The van der Waals surface area contributed by atoms with Gasteiger partial charge < -0.3 is 10.0 Å². The number of rotatable bonds is 2. The Labute approximate surface area is 103 Å². The Morgan fingerprint density at radius 2 is 2.33 bits per heavy atom. The largest absolute Gasteiger partial charge is 0.480 e. The van der Waals surface area contributed by atoms with Crippen molar-refractivity contribution >= 4 is 17.4 Å². The summed E-state index contributed by atoms with van der Waals surface area (Å²) in [4.78, 5) is 17.3. The minimum absolute atomic E-state index is 0.513. The molecular formula is C11H13N5O2. The highest BCUT2D eigenvalue weighted by molar-refractivity contribution is 5.80. The van der Waals surface area contributed by atoms with Crippen LogP contribution in [0.3, 0.4) is 0 Å². The molecule has 1 aliphatic heterocycles. The second-order valence-corrected chi connectivity index (χ2v) is 4.38. The first kappa shape index (κ1) is 10.9. The number of carboxylic acid groups (broad SMARTS) is 1. The second kappa shape index (κ2) is 3.94. The first-order valence-corrected chi connectivity index (χ1v) is 5.84. The summed E-state index contributed by atoms with van der Waals surface area (Å²) in [6.07, 6.45) is 4.92. The molecule has 2 aromatic rings. The van der Waals surface area contributed by atoms with Gasteiger partial charge in [0.2, 0.25) is 5.65 Å². The number of aromatic nitrogens is 4. The number of anilines is 1. The standard InChI is InChI=1S/C11H13N5O2/c1-7-13-14-10-9(12-4-6-15(7)10)16-5-2-3-8(16)11(17)18/h4,6,8H,2-3,5H2,1H3,(H,17,18).